The maximum absolute atomic E-state index is 13.1. The summed E-state index contributed by atoms with van der Waals surface area (Å²) >= 11 is 5.99. The largest absolute Gasteiger partial charge is 0.358 e. The third kappa shape index (κ3) is 5.56. The average molecular weight is 472 g/mol. The lowest BCUT2D eigenvalue weighted by Crippen LogP contribution is -2.35. The molecule has 5 nitrogen and oxygen atoms in total. The van der Waals surface area contributed by atoms with Crippen LogP contribution in [0.15, 0.2) is 78.5 Å². The molecular weight excluding hydrogens is 446 g/mol. The van der Waals surface area contributed by atoms with E-state index in [1.165, 1.54) is 5.56 Å². The quantitative estimate of drug-likeness (QED) is 0.308. The molecule has 0 aliphatic rings. The molecule has 0 aliphatic carbocycles. The second kappa shape index (κ2) is 10.4. The van der Waals surface area contributed by atoms with Crippen LogP contribution in [-0.2, 0) is 11.2 Å². The Balaban J connectivity index is 1.50. The Morgan fingerprint density at radius 2 is 1.65 bits per heavy atom. The molecule has 172 valence electrons. The zero-order valence-electron chi connectivity index (χ0n) is 19.1. The number of carbonyl (C=O) groups is 2. The Bertz CT molecular complexity index is 1350. The fourth-order valence-corrected chi connectivity index (χ4v) is 3.96. The minimum Gasteiger partial charge on any atom is -0.358 e. The third-order valence-electron chi connectivity index (χ3n) is 5.68. The molecule has 0 unspecified atom stereocenters. The predicted molar refractivity (Wildman–Crippen MR) is 138 cm³/mol. The molecular formula is C28H26ClN3O2. The van der Waals surface area contributed by atoms with Gasteiger partial charge in [0.1, 0.15) is 5.70 Å². The van der Waals surface area contributed by atoms with Gasteiger partial charge >= 0.3 is 0 Å². The minimum absolute atomic E-state index is 0.170. The van der Waals surface area contributed by atoms with Gasteiger partial charge in [-0.1, -0.05) is 59.6 Å². The highest BCUT2D eigenvalue weighted by molar-refractivity contribution is 6.30. The van der Waals surface area contributed by atoms with E-state index in [0.29, 0.717) is 23.6 Å². The molecule has 1 heterocycles. The molecule has 4 rings (SSSR count). The first-order chi connectivity index (χ1) is 16.4. The van der Waals surface area contributed by atoms with E-state index in [4.69, 9.17) is 11.6 Å². The van der Waals surface area contributed by atoms with Crippen LogP contribution in [0.4, 0.5) is 0 Å². The lowest BCUT2D eigenvalue weighted by molar-refractivity contribution is -0.117. The standard InChI is InChI=1S/C28H26ClN3O2/c1-18-7-11-21(12-8-18)27(33)32-26(17-20-9-13-22(29)14-10-20)28(34)30-16-15-23-19(2)31-25-6-4-3-5-24(23)25/h3-14,17,31H,15-16H2,1-2H3,(H,30,34)(H,32,33). The maximum Gasteiger partial charge on any atom is 0.267 e. The fourth-order valence-electron chi connectivity index (χ4n) is 3.84. The Hall–Kier alpha value is -3.83. The van der Waals surface area contributed by atoms with Crippen molar-refractivity contribution in [2.75, 3.05) is 6.54 Å². The zero-order chi connectivity index (χ0) is 24.1. The molecule has 0 saturated heterocycles. The smallest absolute Gasteiger partial charge is 0.267 e. The Morgan fingerprint density at radius 1 is 0.941 bits per heavy atom. The van der Waals surface area contributed by atoms with E-state index in [1.807, 2.05) is 44.2 Å². The van der Waals surface area contributed by atoms with Crippen LogP contribution in [0.5, 0.6) is 0 Å². The van der Waals surface area contributed by atoms with Crippen molar-refractivity contribution in [1.29, 1.82) is 0 Å². The number of hydrogen-bond acceptors (Lipinski definition) is 2. The van der Waals surface area contributed by atoms with Gasteiger partial charge in [0.15, 0.2) is 0 Å². The molecule has 3 aromatic carbocycles. The number of hydrogen-bond donors (Lipinski definition) is 3. The number of benzene rings is 3. The second-order valence-electron chi connectivity index (χ2n) is 8.21. The van der Waals surface area contributed by atoms with E-state index < -0.39 is 0 Å². The van der Waals surface area contributed by atoms with E-state index in [2.05, 4.69) is 21.7 Å². The minimum atomic E-state index is -0.354. The molecule has 0 radical (unpaired) electrons. The molecule has 6 heteroatoms. The SMILES string of the molecule is Cc1ccc(C(=O)NC(=Cc2ccc(Cl)cc2)C(=O)NCCc2c(C)[nH]c3ccccc23)cc1. The van der Waals surface area contributed by atoms with Crippen LogP contribution in [-0.4, -0.2) is 23.3 Å². The summed E-state index contributed by atoms with van der Waals surface area (Å²) in [7, 11) is 0. The van der Waals surface area contributed by atoms with Crippen LogP contribution < -0.4 is 10.6 Å². The van der Waals surface area contributed by atoms with Gasteiger partial charge < -0.3 is 15.6 Å². The molecule has 0 saturated carbocycles. The van der Waals surface area contributed by atoms with E-state index in [1.54, 1.807) is 42.5 Å². The summed E-state index contributed by atoms with van der Waals surface area (Å²) in [5.74, 6) is -0.698. The molecule has 34 heavy (non-hydrogen) atoms. The summed E-state index contributed by atoms with van der Waals surface area (Å²) in [5, 5.41) is 7.47. The van der Waals surface area contributed by atoms with Gasteiger partial charge in [0, 0.05) is 33.7 Å². The number of fused-ring (bicyclic) bond motifs is 1. The first-order valence-corrected chi connectivity index (χ1v) is 11.5. The van der Waals surface area contributed by atoms with Crippen LogP contribution in [0, 0.1) is 13.8 Å². The molecule has 1 aromatic heterocycles. The number of amides is 2. The summed E-state index contributed by atoms with van der Waals surface area (Å²) < 4.78 is 0. The van der Waals surface area contributed by atoms with Crippen molar-refractivity contribution in [1.82, 2.24) is 15.6 Å². The molecule has 0 atom stereocenters. The number of H-pyrrole nitrogens is 1. The van der Waals surface area contributed by atoms with E-state index >= 15 is 0 Å². The monoisotopic (exact) mass is 471 g/mol. The van der Waals surface area contributed by atoms with Crippen molar-refractivity contribution in [2.24, 2.45) is 0 Å². The van der Waals surface area contributed by atoms with Gasteiger partial charge in [-0.2, -0.15) is 0 Å². The van der Waals surface area contributed by atoms with Crippen LogP contribution in [0.25, 0.3) is 17.0 Å². The highest BCUT2D eigenvalue weighted by Crippen LogP contribution is 2.22. The number of carbonyl (C=O) groups excluding carboxylic acids is 2. The average Bonchev–Trinajstić information content (AvgIpc) is 3.15. The number of aromatic nitrogens is 1. The van der Waals surface area contributed by atoms with Gasteiger partial charge in [0.25, 0.3) is 11.8 Å². The van der Waals surface area contributed by atoms with Crippen LogP contribution in [0.1, 0.15) is 32.7 Å². The number of rotatable bonds is 7. The third-order valence-corrected chi connectivity index (χ3v) is 5.93. The Morgan fingerprint density at radius 3 is 2.38 bits per heavy atom. The molecule has 4 aromatic rings. The number of halogens is 1. The molecule has 0 aliphatic heterocycles. The zero-order valence-corrected chi connectivity index (χ0v) is 19.9. The van der Waals surface area contributed by atoms with Gasteiger partial charge in [-0.05, 0) is 67.8 Å². The predicted octanol–water partition coefficient (Wildman–Crippen LogP) is 5.57. The lowest BCUT2D eigenvalue weighted by atomic mass is 10.1. The number of aryl methyl sites for hydroxylation is 2. The molecule has 0 spiro atoms. The summed E-state index contributed by atoms with van der Waals surface area (Å²) in [4.78, 5) is 29.3. The number of nitrogens with one attached hydrogen (secondary N) is 3. The van der Waals surface area contributed by atoms with E-state index in [0.717, 1.165) is 27.7 Å². The van der Waals surface area contributed by atoms with Crippen LogP contribution in [0.3, 0.4) is 0 Å². The topological polar surface area (TPSA) is 74.0 Å². The van der Waals surface area contributed by atoms with E-state index in [-0.39, 0.29) is 17.5 Å². The summed E-state index contributed by atoms with van der Waals surface area (Å²) in [6.45, 7) is 4.42. The summed E-state index contributed by atoms with van der Waals surface area (Å²) in [6, 6.07) is 22.4. The van der Waals surface area contributed by atoms with Crippen molar-refractivity contribution < 1.29 is 9.59 Å². The van der Waals surface area contributed by atoms with Crippen molar-refractivity contribution in [3.63, 3.8) is 0 Å². The van der Waals surface area contributed by atoms with Gasteiger partial charge in [0.2, 0.25) is 0 Å². The maximum atomic E-state index is 13.1. The first-order valence-electron chi connectivity index (χ1n) is 11.1. The van der Waals surface area contributed by atoms with Crippen molar-refractivity contribution >= 4 is 40.4 Å². The van der Waals surface area contributed by atoms with Crippen molar-refractivity contribution in [3.05, 3.63) is 111 Å². The Kier molecular flexibility index (Phi) is 7.14. The van der Waals surface area contributed by atoms with Gasteiger partial charge in [-0.25, -0.2) is 0 Å². The summed E-state index contributed by atoms with van der Waals surface area (Å²) in [6.07, 6.45) is 2.32. The molecule has 0 fully saturated rings. The van der Waals surface area contributed by atoms with Crippen molar-refractivity contribution in [2.45, 2.75) is 20.3 Å². The number of para-hydroxylation sites is 1. The summed E-state index contributed by atoms with van der Waals surface area (Å²) in [5.41, 5.74) is 5.79. The molecule has 0 bridgehead atoms. The molecule has 3 N–H and O–H groups in total. The highest BCUT2D eigenvalue weighted by atomic mass is 35.5. The van der Waals surface area contributed by atoms with Gasteiger partial charge in [0.05, 0.1) is 0 Å². The Labute approximate surface area is 203 Å². The fraction of sp³-hybridized carbons (Fsp3) is 0.143. The normalized spacial score (nSPS) is 11.4. The van der Waals surface area contributed by atoms with Crippen LogP contribution >= 0.6 is 11.6 Å². The first kappa shape index (κ1) is 23.3. The van der Waals surface area contributed by atoms with E-state index in [9.17, 15) is 9.59 Å². The van der Waals surface area contributed by atoms with Crippen molar-refractivity contribution in [3.8, 4) is 0 Å². The number of aromatic amines is 1. The van der Waals surface area contributed by atoms with Crippen LogP contribution in [0.2, 0.25) is 5.02 Å². The molecule has 2 amide bonds. The highest BCUT2D eigenvalue weighted by Gasteiger charge is 2.15. The van der Waals surface area contributed by atoms with Gasteiger partial charge in [-0.3, -0.25) is 9.59 Å². The van der Waals surface area contributed by atoms with Gasteiger partial charge in [-0.15, -0.1) is 0 Å². The second-order valence-corrected chi connectivity index (χ2v) is 8.65. The lowest BCUT2D eigenvalue weighted by Gasteiger charge is -2.12.